The minimum Gasteiger partial charge on any atom is -0.322 e. The fraction of sp³-hybridized carbons (Fsp3) is 0.0500. The van der Waals surface area contributed by atoms with Gasteiger partial charge < -0.3 is 10.6 Å². The molecule has 0 saturated carbocycles. The lowest BCUT2D eigenvalue weighted by atomic mass is 10.1. The number of benzene rings is 2. The molecule has 0 atom stereocenters. The second-order valence-corrected chi connectivity index (χ2v) is 6.27. The van der Waals surface area contributed by atoms with Gasteiger partial charge in [-0.1, -0.05) is 11.6 Å². The molecule has 0 fully saturated rings. The molecule has 0 bridgehead atoms. The molecule has 0 aliphatic heterocycles. The van der Waals surface area contributed by atoms with Gasteiger partial charge in [0.2, 0.25) is 0 Å². The van der Waals surface area contributed by atoms with Gasteiger partial charge in [0.15, 0.2) is 0 Å². The number of halogens is 2. The number of nitrogens with one attached hydrogen (secondary N) is 2. The van der Waals surface area contributed by atoms with E-state index in [4.69, 9.17) is 11.6 Å². The molecule has 2 amide bonds. The lowest BCUT2D eigenvalue weighted by molar-refractivity contribution is 0.102. The number of hydrogen-bond acceptors (Lipinski definition) is 3. The molecule has 1 heterocycles. The first-order chi connectivity index (χ1) is 12.9. The molecule has 1 aromatic heterocycles. The Morgan fingerprint density at radius 3 is 2.19 bits per heavy atom. The topological polar surface area (TPSA) is 71.1 Å². The average Bonchev–Trinajstić information content (AvgIpc) is 2.66. The van der Waals surface area contributed by atoms with Gasteiger partial charge >= 0.3 is 0 Å². The molecule has 0 aliphatic carbocycles. The second-order valence-electron chi connectivity index (χ2n) is 5.84. The average molecular weight is 384 g/mol. The Morgan fingerprint density at radius 2 is 1.56 bits per heavy atom. The summed E-state index contributed by atoms with van der Waals surface area (Å²) in [7, 11) is 0. The molecule has 27 heavy (non-hydrogen) atoms. The van der Waals surface area contributed by atoms with E-state index >= 15 is 0 Å². The molecule has 0 aliphatic rings. The zero-order valence-electron chi connectivity index (χ0n) is 14.3. The summed E-state index contributed by atoms with van der Waals surface area (Å²) in [6, 6.07) is 11.9. The third-order valence-corrected chi connectivity index (χ3v) is 4.04. The molecule has 2 N–H and O–H groups in total. The molecule has 0 saturated heterocycles. The van der Waals surface area contributed by atoms with E-state index in [1.54, 1.807) is 18.2 Å². The number of aromatic nitrogens is 1. The van der Waals surface area contributed by atoms with Crippen LogP contribution in [0.3, 0.4) is 0 Å². The summed E-state index contributed by atoms with van der Waals surface area (Å²) < 4.78 is 12.9. The van der Waals surface area contributed by atoms with Crippen molar-refractivity contribution >= 4 is 34.8 Å². The number of carbonyl (C=O) groups excluding carboxylic acids is 2. The van der Waals surface area contributed by atoms with Crippen LogP contribution in [0.1, 0.15) is 26.3 Å². The van der Waals surface area contributed by atoms with Crippen molar-refractivity contribution in [1.29, 1.82) is 0 Å². The van der Waals surface area contributed by atoms with Gasteiger partial charge in [-0.15, -0.1) is 0 Å². The van der Waals surface area contributed by atoms with E-state index in [0.717, 1.165) is 5.56 Å². The van der Waals surface area contributed by atoms with Crippen LogP contribution < -0.4 is 10.6 Å². The van der Waals surface area contributed by atoms with Gasteiger partial charge in [-0.25, -0.2) is 4.39 Å². The zero-order chi connectivity index (χ0) is 19.4. The quantitative estimate of drug-likeness (QED) is 0.686. The maximum Gasteiger partial charge on any atom is 0.257 e. The highest BCUT2D eigenvalue weighted by Gasteiger charge is 2.13. The highest BCUT2D eigenvalue weighted by Crippen LogP contribution is 2.20. The van der Waals surface area contributed by atoms with E-state index in [1.807, 2.05) is 6.92 Å². The summed E-state index contributed by atoms with van der Waals surface area (Å²) in [6.07, 6.45) is 2.72. The van der Waals surface area contributed by atoms with Crippen molar-refractivity contribution in [2.24, 2.45) is 0 Å². The predicted octanol–water partition coefficient (Wildman–Crippen LogP) is 4.69. The number of aryl methyl sites for hydroxylation is 1. The van der Waals surface area contributed by atoms with Gasteiger partial charge in [-0.2, -0.15) is 0 Å². The lowest BCUT2D eigenvalue weighted by Crippen LogP contribution is -2.16. The van der Waals surface area contributed by atoms with E-state index < -0.39 is 17.6 Å². The Hall–Kier alpha value is -3.25. The zero-order valence-corrected chi connectivity index (χ0v) is 15.0. The molecule has 5 nitrogen and oxygen atoms in total. The molecule has 0 unspecified atom stereocenters. The third kappa shape index (κ3) is 4.68. The van der Waals surface area contributed by atoms with Gasteiger partial charge in [-0.3, -0.25) is 14.6 Å². The third-order valence-electron chi connectivity index (χ3n) is 3.80. The van der Waals surface area contributed by atoms with Crippen molar-refractivity contribution in [2.75, 3.05) is 10.6 Å². The van der Waals surface area contributed by atoms with Gasteiger partial charge in [0, 0.05) is 28.8 Å². The van der Waals surface area contributed by atoms with Gasteiger partial charge in [-0.05, 0) is 61.0 Å². The summed E-state index contributed by atoms with van der Waals surface area (Å²) in [4.78, 5) is 28.8. The van der Waals surface area contributed by atoms with Crippen molar-refractivity contribution in [1.82, 2.24) is 4.98 Å². The number of carbonyl (C=O) groups is 2. The van der Waals surface area contributed by atoms with Crippen molar-refractivity contribution in [3.63, 3.8) is 0 Å². The minimum absolute atomic E-state index is 0.208. The van der Waals surface area contributed by atoms with E-state index in [2.05, 4.69) is 15.6 Å². The normalized spacial score (nSPS) is 10.3. The smallest absolute Gasteiger partial charge is 0.257 e. The predicted molar refractivity (Wildman–Crippen MR) is 103 cm³/mol. The maximum absolute atomic E-state index is 12.9. The molecular formula is C20H15ClFN3O2. The Kier molecular flexibility index (Phi) is 5.47. The molecule has 0 spiro atoms. The SMILES string of the molecule is Cc1cc(Cl)ccc1NC(=O)c1cncc(C(=O)Nc2ccc(F)cc2)c1. The Bertz CT molecular complexity index is 1010. The number of amides is 2. The van der Waals surface area contributed by atoms with Crippen LogP contribution in [0.15, 0.2) is 60.9 Å². The van der Waals surface area contributed by atoms with Gasteiger partial charge in [0.05, 0.1) is 11.1 Å². The Labute approximate surface area is 160 Å². The van der Waals surface area contributed by atoms with Crippen LogP contribution in [-0.4, -0.2) is 16.8 Å². The highest BCUT2D eigenvalue weighted by molar-refractivity contribution is 6.30. The van der Waals surface area contributed by atoms with Crippen molar-refractivity contribution in [3.05, 3.63) is 88.5 Å². The Balaban J connectivity index is 1.75. The fourth-order valence-corrected chi connectivity index (χ4v) is 2.61. The summed E-state index contributed by atoms with van der Waals surface area (Å²) in [5, 5.41) is 5.97. The minimum atomic E-state index is -0.452. The van der Waals surface area contributed by atoms with Crippen LogP contribution in [0, 0.1) is 12.7 Å². The summed E-state index contributed by atoms with van der Waals surface area (Å²) >= 11 is 5.91. The summed E-state index contributed by atoms with van der Waals surface area (Å²) in [5.41, 5.74) is 2.31. The van der Waals surface area contributed by atoms with Crippen LogP contribution in [0.25, 0.3) is 0 Å². The first-order valence-electron chi connectivity index (χ1n) is 8.02. The number of hydrogen-bond donors (Lipinski definition) is 2. The van der Waals surface area contributed by atoms with Crippen LogP contribution in [0.4, 0.5) is 15.8 Å². The standard InChI is InChI=1S/C20H15ClFN3O2/c1-12-8-15(21)2-7-18(12)25-20(27)14-9-13(10-23-11-14)19(26)24-17-5-3-16(22)4-6-17/h2-11H,1H3,(H,24,26)(H,25,27). The van der Waals surface area contributed by atoms with Crippen LogP contribution in [0.5, 0.6) is 0 Å². The van der Waals surface area contributed by atoms with E-state index in [1.165, 1.54) is 42.7 Å². The first-order valence-corrected chi connectivity index (χ1v) is 8.39. The van der Waals surface area contributed by atoms with E-state index in [-0.39, 0.29) is 11.1 Å². The van der Waals surface area contributed by atoms with Crippen molar-refractivity contribution in [3.8, 4) is 0 Å². The molecule has 3 aromatic rings. The van der Waals surface area contributed by atoms with Crippen molar-refractivity contribution in [2.45, 2.75) is 6.92 Å². The number of anilines is 2. The number of nitrogens with zero attached hydrogens (tertiary/aromatic N) is 1. The highest BCUT2D eigenvalue weighted by atomic mass is 35.5. The van der Waals surface area contributed by atoms with Crippen molar-refractivity contribution < 1.29 is 14.0 Å². The number of rotatable bonds is 4. The number of pyridine rings is 1. The monoisotopic (exact) mass is 383 g/mol. The molecule has 2 aromatic carbocycles. The lowest BCUT2D eigenvalue weighted by Gasteiger charge is -2.10. The Morgan fingerprint density at radius 1 is 0.926 bits per heavy atom. The first kappa shape index (κ1) is 18.5. The molecule has 0 radical (unpaired) electrons. The maximum atomic E-state index is 12.9. The van der Waals surface area contributed by atoms with Gasteiger partial charge in [0.25, 0.3) is 11.8 Å². The van der Waals surface area contributed by atoms with Crippen LogP contribution >= 0.6 is 11.6 Å². The molecular weight excluding hydrogens is 369 g/mol. The molecule has 3 rings (SSSR count). The van der Waals surface area contributed by atoms with E-state index in [0.29, 0.717) is 16.4 Å². The van der Waals surface area contributed by atoms with Gasteiger partial charge in [0.1, 0.15) is 5.82 Å². The van der Waals surface area contributed by atoms with Crippen LogP contribution in [0.2, 0.25) is 5.02 Å². The van der Waals surface area contributed by atoms with E-state index in [9.17, 15) is 14.0 Å². The largest absolute Gasteiger partial charge is 0.322 e. The van der Waals surface area contributed by atoms with Crippen LogP contribution in [-0.2, 0) is 0 Å². The summed E-state index contributed by atoms with van der Waals surface area (Å²) in [5.74, 6) is -1.25. The molecule has 7 heteroatoms. The fourth-order valence-electron chi connectivity index (χ4n) is 2.39. The second kappa shape index (κ2) is 7.97. The summed E-state index contributed by atoms with van der Waals surface area (Å²) in [6.45, 7) is 1.83. The molecule has 136 valence electrons.